The van der Waals surface area contributed by atoms with Crippen molar-refractivity contribution in [1.29, 1.82) is 0 Å². The number of fused-ring (bicyclic) bond motifs is 1. The van der Waals surface area contributed by atoms with Crippen molar-refractivity contribution in [3.8, 4) is 11.1 Å². The molecule has 0 atom stereocenters. The van der Waals surface area contributed by atoms with E-state index in [1.165, 1.54) is 13.0 Å². The molecular weight excluding hydrogens is 294 g/mol. The molecule has 3 aromatic rings. The Balaban J connectivity index is 2.12. The quantitative estimate of drug-likeness (QED) is 0.589. The van der Waals surface area contributed by atoms with E-state index in [4.69, 9.17) is 0 Å². The SMILES string of the molecule is CC(=O)Nc1cccc(-c2cnc3cccc([N+](=O)[O-])c3c2)c1. The number of anilines is 1. The summed E-state index contributed by atoms with van der Waals surface area (Å²) in [5.41, 5.74) is 2.83. The highest BCUT2D eigenvalue weighted by Gasteiger charge is 2.13. The number of benzene rings is 2. The van der Waals surface area contributed by atoms with Gasteiger partial charge in [-0.2, -0.15) is 0 Å². The molecule has 0 saturated heterocycles. The van der Waals surface area contributed by atoms with Crippen LogP contribution >= 0.6 is 0 Å². The van der Waals surface area contributed by atoms with Crippen LogP contribution < -0.4 is 5.32 Å². The van der Waals surface area contributed by atoms with E-state index in [0.29, 0.717) is 16.6 Å². The average molecular weight is 307 g/mol. The minimum atomic E-state index is -0.415. The first kappa shape index (κ1) is 14.6. The first-order chi connectivity index (χ1) is 11.0. The van der Waals surface area contributed by atoms with Gasteiger partial charge >= 0.3 is 0 Å². The molecule has 114 valence electrons. The first-order valence-corrected chi connectivity index (χ1v) is 6.96. The Bertz CT molecular complexity index is 922. The van der Waals surface area contributed by atoms with Crippen molar-refractivity contribution in [2.75, 3.05) is 5.32 Å². The fraction of sp³-hybridized carbons (Fsp3) is 0.0588. The van der Waals surface area contributed by atoms with Gasteiger partial charge in [0.15, 0.2) is 0 Å². The van der Waals surface area contributed by atoms with Gasteiger partial charge in [0.05, 0.1) is 15.8 Å². The molecule has 6 heteroatoms. The van der Waals surface area contributed by atoms with Gasteiger partial charge < -0.3 is 5.32 Å². The summed E-state index contributed by atoms with van der Waals surface area (Å²) < 4.78 is 0. The lowest BCUT2D eigenvalue weighted by atomic mass is 10.0. The largest absolute Gasteiger partial charge is 0.326 e. The lowest BCUT2D eigenvalue weighted by Gasteiger charge is -2.07. The topological polar surface area (TPSA) is 85.1 Å². The van der Waals surface area contributed by atoms with Crippen LogP contribution in [0.25, 0.3) is 22.0 Å². The molecule has 0 aliphatic rings. The number of nitrogens with zero attached hydrogens (tertiary/aromatic N) is 2. The van der Waals surface area contributed by atoms with E-state index in [1.54, 1.807) is 36.5 Å². The zero-order valence-electron chi connectivity index (χ0n) is 12.3. The molecule has 0 unspecified atom stereocenters. The second-order valence-corrected chi connectivity index (χ2v) is 5.09. The standard InChI is InChI=1S/C17H13N3O3/c1-11(21)19-14-5-2-4-12(8-14)13-9-15-16(18-10-13)6-3-7-17(15)20(22)23/h2-10H,1H3,(H,19,21). The average Bonchev–Trinajstić information content (AvgIpc) is 2.53. The third-order valence-corrected chi connectivity index (χ3v) is 3.42. The van der Waals surface area contributed by atoms with Gasteiger partial charge in [-0.05, 0) is 29.8 Å². The lowest BCUT2D eigenvalue weighted by Crippen LogP contribution is -2.05. The van der Waals surface area contributed by atoms with Crippen LogP contribution in [-0.4, -0.2) is 15.8 Å². The number of amides is 1. The van der Waals surface area contributed by atoms with Crippen molar-refractivity contribution in [1.82, 2.24) is 4.98 Å². The second-order valence-electron chi connectivity index (χ2n) is 5.09. The highest BCUT2D eigenvalue weighted by Crippen LogP contribution is 2.29. The van der Waals surface area contributed by atoms with Crippen LogP contribution in [0, 0.1) is 10.1 Å². The van der Waals surface area contributed by atoms with Gasteiger partial charge in [0.25, 0.3) is 5.69 Å². The van der Waals surface area contributed by atoms with Crippen LogP contribution in [0.5, 0.6) is 0 Å². The van der Waals surface area contributed by atoms with Gasteiger partial charge in [0.2, 0.25) is 5.91 Å². The van der Waals surface area contributed by atoms with Gasteiger partial charge in [-0.1, -0.05) is 18.2 Å². The molecule has 0 bridgehead atoms. The molecule has 0 radical (unpaired) electrons. The van der Waals surface area contributed by atoms with E-state index in [-0.39, 0.29) is 11.6 Å². The molecule has 1 N–H and O–H groups in total. The van der Waals surface area contributed by atoms with Gasteiger partial charge in [0, 0.05) is 30.4 Å². The Morgan fingerprint density at radius 3 is 2.65 bits per heavy atom. The monoisotopic (exact) mass is 307 g/mol. The van der Waals surface area contributed by atoms with Gasteiger partial charge in [0.1, 0.15) is 0 Å². The molecule has 0 fully saturated rings. The molecule has 1 heterocycles. The van der Waals surface area contributed by atoms with E-state index < -0.39 is 4.92 Å². The van der Waals surface area contributed by atoms with Crippen molar-refractivity contribution in [2.45, 2.75) is 6.92 Å². The third kappa shape index (κ3) is 3.01. The molecule has 0 spiro atoms. The maximum Gasteiger partial charge on any atom is 0.278 e. The Labute approximate surface area is 131 Å². The van der Waals surface area contributed by atoms with Crippen molar-refractivity contribution in [3.05, 3.63) is 64.8 Å². The molecule has 1 amide bonds. The Morgan fingerprint density at radius 2 is 1.91 bits per heavy atom. The van der Waals surface area contributed by atoms with Crippen LogP contribution in [0.1, 0.15) is 6.92 Å². The van der Waals surface area contributed by atoms with Crippen molar-refractivity contribution >= 4 is 28.2 Å². The van der Waals surface area contributed by atoms with Crippen LogP contribution in [0.4, 0.5) is 11.4 Å². The maximum atomic E-state index is 11.2. The molecule has 2 aromatic carbocycles. The van der Waals surface area contributed by atoms with Crippen molar-refractivity contribution in [3.63, 3.8) is 0 Å². The van der Waals surface area contributed by atoms with E-state index in [0.717, 1.165) is 11.1 Å². The van der Waals surface area contributed by atoms with Gasteiger partial charge in [-0.15, -0.1) is 0 Å². The molecule has 23 heavy (non-hydrogen) atoms. The predicted octanol–water partition coefficient (Wildman–Crippen LogP) is 3.77. The maximum absolute atomic E-state index is 11.2. The van der Waals surface area contributed by atoms with Crippen LogP contribution in [0.15, 0.2) is 54.7 Å². The Kier molecular flexibility index (Phi) is 3.72. The molecule has 0 saturated carbocycles. The van der Waals surface area contributed by atoms with E-state index in [2.05, 4.69) is 10.3 Å². The van der Waals surface area contributed by atoms with Gasteiger partial charge in [-0.25, -0.2) is 0 Å². The van der Waals surface area contributed by atoms with Crippen LogP contribution in [-0.2, 0) is 4.79 Å². The second kappa shape index (κ2) is 5.84. The first-order valence-electron chi connectivity index (χ1n) is 6.96. The molecule has 1 aromatic heterocycles. The smallest absolute Gasteiger partial charge is 0.278 e. The number of pyridine rings is 1. The summed E-state index contributed by atoms with van der Waals surface area (Å²) in [6.07, 6.45) is 1.67. The predicted molar refractivity (Wildman–Crippen MR) is 88.1 cm³/mol. The lowest BCUT2D eigenvalue weighted by molar-refractivity contribution is -0.383. The molecular formula is C17H13N3O3. The summed E-state index contributed by atoms with van der Waals surface area (Å²) in [5.74, 6) is -0.158. The number of nitrogens with one attached hydrogen (secondary N) is 1. The fourth-order valence-electron chi connectivity index (χ4n) is 2.43. The van der Waals surface area contributed by atoms with E-state index >= 15 is 0 Å². The van der Waals surface area contributed by atoms with Crippen molar-refractivity contribution < 1.29 is 9.72 Å². The molecule has 0 aliphatic heterocycles. The van der Waals surface area contributed by atoms with Crippen molar-refractivity contribution in [2.24, 2.45) is 0 Å². The number of non-ortho nitro benzene ring substituents is 1. The molecule has 3 rings (SSSR count). The number of nitro groups is 1. The number of carbonyl (C=O) groups is 1. The highest BCUT2D eigenvalue weighted by molar-refractivity contribution is 5.92. The normalized spacial score (nSPS) is 10.5. The summed E-state index contributed by atoms with van der Waals surface area (Å²) in [4.78, 5) is 26.2. The number of hydrogen-bond acceptors (Lipinski definition) is 4. The fourth-order valence-corrected chi connectivity index (χ4v) is 2.43. The number of aromatic nitrogens is 1. The van der Waals surface area contributed by atoms with Crippen LogP contribution in [0.2, 0.25) is 0 Å². The Morgan fingerprint density at radius 1 is 1.13 bits per heavy atom. The molecule has 6 nitrogen and oxygen atoms in total. The minimum absolute atomic E-state index is 0.0230. The third-order valence-electron chi connectivity index (χ3n) is 3.42. The van der Waals surface area contributed by atoms with Crippen LogP contribution in [0.3, 0.4) is 0 Å². The van der Waals surface area contributed by atoms with E-state index in [9.17, 15) is 14.9 Å². The number of nitro benzene ring substituents is 1. The summed E-state index contributed by atoms with van der Waals surface area (Å²) in [5, 5.41) is 14.4. The highest BCUT2D eigenvalue weighted by atomic mass is 16.6. The summed E-state index contributed by atoms with van der Waals surface area (Å²) >= 11 is 0. The van der Waals surface area contributed by atoms with E-state index in [1.807, 2.05) is 12.1 Å². The number of carbonyl (C=O) groups excluding carboxylic acids is 1. The summed E-state index contributed by atoms with van der Waals surface area (Å²) in [7, 11) is 0. The molecule has 0 aliphatic carbocycles. The number of hydrogen-bond donors (Lipinski definition) is 1. The zero-order chi connectivity index (χ0) is 16.4. The Hall–Kier alpha value is -3.28. The summed E-state index contributed by atoms with van der Waals surface area (Å²) in [6.45, 7) is 1.44. The minimum Gasteiger partial charge on any atom is -0.326 e. The summed E-state index contributed by atoms with van der Waals surface area (Å²) in [6, 6.07) is 13.8. The number of rotatable bonds is 3. The zero-order valence-corrected chi connectivity index (χ0v) is 12.3. The van der Waals surface area contributed by atoms with Gasteiger partial charge in [-0.3, -0.25) is 19.9 Å².